The molecule has 0 aromatic heterocycles. The molecule has 6 saturated carbocycles. The molecule has 10 nitrogen and oxygen atoms in total. The summed E-state index contributed by atoms with van der Waals surface area (Å²) in [6, 6.07) is 0. The standard InChI is InChI=1S/C27H28O10S/c1-10-4-12(38(32,33)34)2-3-17(10)35-23(29)18-14-6-13-19(18)24(30)36-21(13)22(14)37-25(31)26-7-11-5-15-20(28)16(8-26)27(11,15)9-26/h2-3,10-11,13-16,18-19,21-22H,4-9H2,1H3,(H,32,33,34). The Kier molecular flexibility index (Phi) is 4.28. The van der Waals surface area contributed by atoms with E-state index in [0.29, 0.717) is 31.0 Å². The van der Waals surface area contributed by atoms with Gasteiger partial charge in [0.05, 0.1) is 22.2 Å². The van der Waals surface area contributed by atoms with Crippen molar-refractivity contribution in [1.29, 1.82) is 0 Å². The molecule has 1 aliphatic heterocycles. The van der Waals surface area contributed by atoms with Crippen LogP contribution in [0.2, 0.25) is 0 Å². The van der Waals surface area contributed by atoms with Crippen LogP contribution in [0.5, 0.6) is 0 Å². The van der Waals surface area contributed by atoms with Gasteiger partial charge in [-0.15, -0.1) is 0 Å². The Hall–Kier alpha value is -2.53. The fourth-order valence-electron chi connectivity index (χ4n) is 10.1. The van der Waals surface area contributed by atoms with Crippen LogP contribution in [-0.2, 0) is 43.5 Å². The first kappa shape index (κ1) is 23.4. The molecule has 12 atom stereocenters. The van der Waals surface area contributed by atoms with Crippen molar-refractivity contribution in [3.05, 3.63) is 22.8 Å². The van der Waals surface area contributed by atoms with Crippen molar-refractivity contribution in [2.24, 2.45) is 58.2 Å². The lowest BCUT2D eigenvalue weighted by molar-refractivity contribution is -0.191. The van der Waals surface area contributed by atoms with Crippen LogP contribution < -0.4 is 0 Å². The van der Waals surface area contributed by atoms with Crippen molar-refractivity contribution >= 4 is 33.8 Å². The quantitative estimate of drug-likeness (QED) is 0.309. The maximum absolute atomic E-state index is 13.7. The van der Waals surface area contributed by atoms with Crippen molar-refractivity contribution in [3.8, 4) is 0 Å². The van der Waals surface area contributed by atoms with Crippen molar-refractivity contribution in [2.45, 2.75) is 57.7 Å². The monoisotopic (exact) mass is 544 g/mol. The second kappa shape index (κ2) is 6.96. The van der Waals surface area contributed by atoms with Crippen LogP contribution in [0.15, 0.2) is 22.8 Å². The number of allylic oxidation sites excluding steroid dienone is 4. The van der Waals surface area contributed by atoms with Crippen LogP contribution in [0.25, 0.3) is 0 Å². The number of Topliss-reactive ketones (excluding diaryl/α,β-unsaturated/α-hetero) is 1. The Morgan fingerprint density at radius 3 is 2.61 bits per heavy atom. The largest absolute Gasteiger partial charge is 0.458 e. The summed E-state index contributed by atoms with van der Waals surface area (Å²) < 4.78 is 49.7. The minimum Gasteiger partial charge on any atom is -0.458 e. The van der Waals surface area contributed by atoms with Gasteiger partial charge in [0.2, 0.25) is 0 Å². The van der Waals surface area contributed by atoms with Gasteiger partial charge in [-0.25, -0.2) is 0 Å². The first-order valence-corrected chi connectivity index (χ1v) is 14.9. The minimum atomic E-state index is -4.34. The van der Waals surface area contributed by atoms with Gasteiger partial charge in [-0.3, -0.25) is 23.7 Å². The van der Waals surface area contributed by atoms with Crippen molar-refractivity contribution in [2.75, 3.05) is 0 Å². The molecular weight excluding hydrogens is 516 g/mol. The van der Waals surface area contributed by atoms with Gasteiger partial charge in [-0.05, 0) is 62.0 Å². The summed E-state index contributed by atoms with van der Waals surface area (Å²) in [7, 11) is -4.34. The molecule has 11 heteroatoms. The van der Waals surface area contributed by atoms with Crippen molar-refractivity contribution in [3.63, 3.8) is 0 Å². The molecule has 0 aromatic rings. The smallest absolute Gasteiger partial charge is 0.315 e. The van der Waals surface area contributed by atoms with Crippen LogP contribution in [0.1, 0.15) is 45.4 Å². The molecule has 0 aromatic carbocycles. The molecule has 8 rings (SSSR count). The molecule has 1 heterocycles. The average Bonchev–Trinajstić information content (AvgIpc) is 3.59. The first-order chi connectivity index (χ1) is 17.9. The Balaban J connectivity index is 1.03. The number of carbonyl (C=O) groups excluding carboxylic acids is 4. The number of carbonyl (C=O) groups is 4. The van der Waals surface area contributed by atoms with Gasteiger partial charge in [0.1, 0.15) is 23.8 Å². The van der Waals surface area contributed by atoms with E-state index in [2.05, 4.69) is 0 Å². The van der Waals surface area contributed by atoms with Gasteiger partial charge in [0.15, 0.2) is 0 Å². The van der Waals surface area contributed by atoms with Gasteiger partial charge >= 0.3 is 17.9 Å². The summed E-state index contributed by atoms with van der Waals surface area (Å²) in [5.41, 5.74) is -0.647. The lowest BCUT2D eigenvalue weighted by atomic mass is 9.38. The number of esters is 3. The fraction of sp³-hybridized carbons (Fsp3) is 0.704. The summed E-state index contributed by atoms with van der Waals surface area (Å²) in [6.07, 6.45) is 4.63. The van der Waals surface area contributed by atoms with E-state index >= 15 is 0 Å². The summed E-state index contributed by atoms with van der Waals surface area (Å²) in [5.74, 6) is -2.97. The predicted molar refractivity (Wildman–Crippen MR) is 125 cm³/mol. The molecule has 1 saturated heterocycles. The normalized spacial score (nSPS) is 50.5. The zero-order valence-corrected chi connectivity index (χ0v) is 21.5. The highest BCUT2D eigenvalue weighted by atomic mass is 32.2. The lowest BCUT2D eigenvalue weighted by Crippen LogP contribution is -2.66. The van der Waals surface area contributed by atoms with E-state index in [1.165, 1.54) is 12.2 Å². The third kappa shape index (κ3) is 2.60. The number of ketones is 1. The highest BCUT2D eigenvalue weighted by Gasteiger charge is 2.83. The van der Waals surface area contributed by atoms with Crippen LogP contribution in [-0.4, -0.2) is 48.9 Å². The minimum absolute atomic E-state index is 0.0100. The molecule has 12 unspecified atom stereocenters. The molecule has 0 amide bonds. The van der Waals surface area contributed by atoms with Crippen molar-refractivity contribution < 1.29 is 46.4 Å². The molecule has 1 spiro atoms. The zero-order chi connectivity index (χ0) is 26.5. The second-order valence-corrected chi connectivity index (χ2v) is 14.5. The molecule has 202 valence electrons. The SMILES string of the molecule is CC1CC(S(=O)(=O)O)=CC=C1OC(=O)C1C2CC3C(OC(=O)C31)C2OC(=O)C12CC3CC4C(=O)C(C1)C34C2. The van der Waals surface area contributed by atoms with Gasteiger partial charge in [-0.1, -0.05) is 6.92 Å². The molecule has 38 heavy (non-hydrogen) atoms. The number of ether oxygens (including phenoxy) is 3. The molecule has 0 radical (unpaired) electrons. The Labute approximate surface area is 218 Å². The second-order valence-electron chi connectivity index (χ2n) is 13.0. The van der Waals surface area contributed by atoms with Gasteiger partial charge < -0.3 is 14.2 Å². The molecule has 7 aliphatic carbocycles. The van der Waals surface area contributed by atoms with E-state index in [4.69, 9.17) is 14.2 Å². The highest BCUT2D eigenvalue weighted by molar-refractivity contribution is 7.89. The van der Waals surface area contributed by atoms with Crippen LogP contribution in [0, 0.1) is 58.2 Å². The fourth-order valence-corrected chi connectivity index (χ4v) is 10.8. The Morgan fingerprint density at radius 1 is 1.11 bits per heavy atom. The topological polar surface area (TPSA) is 150 Å². The molecular formula is C27H28O10S. The zero-order valence-electron chi connectivity index (χ0n) is 20.7. The van der Waals surface area contributed by atoms with Crippen LogP contribution in [0.3, 0.4) is 0 Å². The highest BCUT2D eigenvalue weighted by Crippen LogP contribution is 2.83. The maximum atomic E-state index is 13.7. The third-order valence-corrected chi connectivity index (χ3v) is 12.6. The van der Waals surface area contributed by atoms with Gasteiger partial charge in [0, 0.05) is 29.6 Å². The van der Waals surface area contributed by atoms with E-state index < -0.39 is 63.4 Å². The van der Waals surface area contributed by atoms with E-state index in [0.717, 1.165) is 12.8 Å². The maximum Gasteiger partial charge on any atom is 0.315 e. The summed E-state index contributed by atoms with van der Waals surface area (Å²) >= 11 is 0. The van der Waals surface area contributed by atoms with Crippen molar-refractivity contribution in [1.82, 2.24) is 0 Å². The first-order valence-electron chi connectivity index (χ1n) is 13.5. The van der Waals surface area contributed by atoms with E-state index in [1.807, 2.05) is 0 Å². The number of fused-ring (bicyclic) bond motifs is 2. The van der Waals surface area contributed by atoms with Gasteiger partial charge in [-0.2, -0.15) is 8.42 Å². The summed E-state index contributed by atoms with van der Waals surface area (Å²) in [5, 5.41) is 0. The van der Waals surface area contributed by atoms with Gasteiger partial charge in [0.25, 0.3) is 10.1 Å². The molecule has 1 N–H and O–H groups in total. The average molecular weight is 545 g/mol. The van der Waals surface area contributed by atoms with Crippen LogP contribution in [0.4, 0.5) is 0 Å². The number of hydrogen-bond acceptors (Lipinski definition) is 9. The van der Waals surface area contributed by atoms with E-state index in [9.17, 15) is 32.1 Å². The van der Waals surface area contributed by atoms with Crippen LogP contribution >= 0.6 is 0 Å². The predicted octanol–water partition coefficient (Wildman–Crippen LogP) is 1.95. The van der Waals surface area contributed by atoms with E-state index in [1.54, 1.807) is 6.92 Å². The summed E-state index contributed by atoms with van der Waals surface area (Å²) in [4.78, 5) is 52.2. The van der Waals surface area contributed by atoms with E-state index in [-0.39, 0.29) is 46.2 Å². The number of rotatable bonds is 5. The molecule has 7 fully saturated rings. The summed E-state index contributed by atoms with van der Waals surface area (Å²) in [6.45, 7) is 1.68. The molecule has 4 bridgehead atoms. The molecule has 8 aliphatic rings. The third-order valence-electron chi connectivity index (χ3n) is 11.6. The Bertz CT molecular complexity index is 1410. The number of hydrogen-bond donors (Lipinski definition) is 1. The Morgan fingerprint density at radius 2 is 1.89 bits per heavy atom. The lowest BCUT2D eigenvalue weighted by Gasteiger charge is -2.64.